The number of cyclic esters (lactones) is 1. The van der Waals surface area contributed by atoms with Crippen LogP contribution in [0.2, 0.25) is 0 Å². The Hall–Kier alpha value is -5.21. The van der Waals surface area contributed by atoms with Crippen molar-refractivity contribution in [3.05, 3.63) is 150 Å². The molecule has 4 atom stereocenters. The first-order valence-electron chi connectivity index (χ1n) is 17.3. The van der Waals surface area contributed by atoms with Gasteiger partial charge in [-0.1, -0.05) is 115 Å². The number of hydrogen-bond donors (Lipinski definition) is 3. The lowest BCUT2D eigenvalue weighted by Gasteiger charge is -2.25. The molecule has 0 aromatic heterocycles. The van der Waals surface area contributed by atoms with Crippen molar-refractivity contribution in [1.29, 1.82) is 0 Å². The second-order valence-electron chi connectivity index (χ2n) is 12.8. The molecule has 8 nitrogen and oxygen atoms in total. The van der Waals surface area contributed by atoms with Gasteiger partial charge in [-0.05, 0) is 66.5 Å². The summed E-state index contributed by atoms with van der Waals surface area (Å²) in [7, 11) is 0. The molecule has 0 saturated heterocycles. The van der Waals surface area contributed by atoms with Gasteiger partial charge in [-0.3, -0.25) is 14.4 Å². The lowest BCUT2D eigenvalue weighted by Crippen LogP contribution is -2.46. The second kappa shape index (κ2) is 19.1. The summed E-state index contributed by atoms with van der Waals surface area (Å²) >= 11 is 0. The number of nitrogens with one attached hydrogen (secondary N) is 2. The molecule has 0 bridgehead atoms. The number of amides is 2. The van der Waals surface area contributed by atoms with Crippen molar-refractivity contribution in [3.63, 3.8) is 0 Å². The number of carbonyl (C=O) groups is 3. The topological polar surface area (TPSA) is 114 Å². The van der Waals surface area contributed by atoms with E-state index in [4.69, 9.17) is 9.47 Å². The van der Waals surface area contributed by atoms with Gasteiger partial charge in [-0.15, -0.1) is 0 Å². The van der Waals surface area contributed by atoms with Crippen LogP contribution in [0.15, 0.2) is 127 Å². The van der Waals surface area contributed by atoms with Crippen LogP contribution in [-0.2, 0) is 45.0 Å². The molecule has 4 aromatic rings. The molecule has 1 heterocycles. The number of hydrogen-bond acceptors (Lipinski definition) is 6. The van der Waals surface area contributed by atoms with E-state index >= 15 is 0 Å². The zero-order valence-electron chi connectivity index (χ0n) is 28.3. The first kappa shape index (κ1) is 36.1. The largest absolute Gasteiger partial charge is 0.489 e. The quantitative estimate of drug-likeness (QED) is 0.123. The highest BCUT2D eigenvalue weighted by Crippen LogP contribution is 2.20. The van der Waals surface area contributed by atoms with Gasteiger partial charge in [0, 0.05) is 6.42 Å². The molecule has 50 heavy (non-hydrogen) atoms. The Balaban J connectivity index is 1.28. The molecular formula is C42H46N2O6. The Morgan fingerprint density at radius 1 is 0.760 bits per heavy atom. The number of esters is 1. The second-order valence-corrected chi connectivity index (χ2v) is 12.8. The van der Waals surface area contributed by atoms with Crippen molar-refractivity contribution in [2.75, 3.05) is 13.2 Å². The summed E-state index contributed by atoms with van der Waals surface area (Å²) in [5.41, 5.74) is 4.04. The van der Waals surface area contributed by atoms with Gasteiger partial charge in [0.05, 0.1) is 30.5 Å². The van der Waals surface area contributed by atoms with Crippen LogP contribution in [0, 0.1) is 11.8 Å². The van der Waals surface area contributed by atoms with Crippen LogP contribution < -0.4 is 15.4 Å². The molecule has 0 unspecified atom stereocenters. The van der Waals surface area contributed by atoms with Crippen molar-refractivity contribution >= 4 is 17.8 Å². The van der Waals surface area contributed by atoms with Crippen molar-refractivity contribution in [3.8, 4) is 5.75 Å². The summed E-state index contributed by atoms with van der Waals surface area (Å²) in [6, 6.07) is 36.1. The lowest BCUT2D eigenvalue weighted by molar-refractivity contribution is -0.150. The number of ether oxygens (including phenoxy) is 2. The molecule has 8 heteroatoms. The van der Waals surface area contributed by atoms with Gasteiger partial charge in [-0.25, -0.2) is 0 Å². The Bertz CT molecular complexity index is 1660. The van der Waals surface area contributed by atoms with E-state index < -0.39 is 23.9 Å². The summed E-state index contributed by atoms with van der Waals surface area (Å²) in [5.74, 6) is -1.23. The third kappa shape index (κ3) is 11.7. The molecule has 4 aromatic carbocycles. The van der Waals surface area contributed by atoms with E-state index in [0.29, 0.717) is 38.7 Å². The minimum Gasteiger partial charge on any atom is -0.489 e. The van der Waals surface area contributed by atoms with Gasteiger partial charge in [0.1, 0.15) is 19.0 Å². The Morgan fingerprint density at radius 2 is 1.34 bits per heavy atom. The fraction of sp³-hybridized carbons (Fsp3) is 0.310. The summed E-state index contributed by atoms with van der Waals surface area (Å²) < 4.78 is 11.8. The van der Waals surface area contributed by atoms with Gasteiger partial charge in [0.15, 0.2) is 0 Å². The van der Waals surface area contributed by atoms with Crippen LogP contribution in [0.3, 0.4) is 0 Å². The smallest absolute Gasteiger partial charge is 0.309 e. The van der Waals surface area contributed by atoms with E-state index in [1.54, 1.807) is 0 Å². The summed E-state index contributed by atoms with van der Waals surface area (Å²) in [5, 5.41) is 16.0. The van der Waals surface area contributed by atoms with Crippen LogP contribution in [0.1, 0.15) is 41.5 Å². The fourth-order valence-corrected chi connectivity index (χ4v) is 6.05. The van der Waals surface area contributed by atoms with E-state index in [9.17, 15) is 19.5 Å². The van der Waals surface area contributed by atoms with E-state index in [2.05, 4.69) is 10.6 Å². The van der Waals surface area contributed by atoms with Crippen molar-refractivity contribution in [2.24, 2.45) is 11.8 Å². The molecule has 2 amide bonds. The van der Waals surface area contributed by atoms with Gasteiger partial charge < -0.3 is 25.2 Å². The van der Waals surface area contributed by atoms with Crippen molar-refractivity contribution in [2.45, 2.75) is 57.2 Å². The number of rotatable bonds is 13. The molecule has 0 aliphatic carbocycles. The molecule has 260 valence electrons. The number of allylic oxidation sites excluding steroid dienone is 2. The van der Waals surface area contributed by atoms with E-state index in [-0.39, 0.29) is 37.4 Å². The van der Waals surface area contributed by atoms with E-state index in [1.807, 2.05) is 127 Å². The van der Waals surface area contributed by atoms with Crippen molar-refractivity contribution in [1.82, 2.24) is 10.6 Å². The van der Waals surface area contributed by atoms with Crippen LogP contribution in [-0.4, -0.2) is 48.2 Å². The van der Waals surface area contributed by atoms with Crippen LogP contribution in [0.25, 0.3) is 0 Å². The van der Waals surface area contributed by atoms with Gasteiger partial charge in [0.2, 0.25) is 11.8 Å². The molecule has 0 radical (unpaired) electrons. The maximum absolute atomic E-state index is 13.7. The normalized spacial score (nSPS) is 18.9. The maximum Gasteiger partial charge on any atom is 0.309 e. The fourth-order valence-electron chi connectivity index (χ4n) is 6.05. The lowest BCUT2D eigenvalue weighted by atomic mass is 9.94. The maximum atomic E-state index is 13.7. The van der Waals surface area contributed by atoms with E-state index in [1.165, 1.54) is 0 Å². The van der Waals surface area contributed by atoms with Crippen molar-refractivity contribution < 1.29 is 29.0 Å². The molecule has 0 fully saturated rings. The number of aliphatic hydroxyl groups excluding tert-OH is 1. The highest BCUT2D eigenvalue weighted by Gasteiger charge is 2.27. The Labute approximate surface area is 294 Å². The standard InChI is InChI=1S/C42H46N2O6/c45-28-37(25-32-14-6-2-7-15-32)43-40(46)27-35-18-10-11-19-36(24-31-12-4-1-5-13-31)42(48)50-30-38(44-41(35)47)26-33-20-22-39(23-21-33)49-29-34-16-8-3-9-17-34/h1-17,20-23,35-38,45H,18-19,24-30H2,(H,43,46)(H,44,47)/t35-,36-,37-,38+/m1/s1. The van der Waals surface area contributed by atoms with Gasteiger partial charge in [0.25, 0.3) is 0 Å². The first-order chi connectivity index (χ1) is 24.4. The minimum atomic E-state index is -0.652. The SMILES string of the molecule is O=C(C[C@H]1CC=CC[C@H](Cc2ccccc2)C(=O)OC[C@H](Cc2ccc(OCc3ccccc3)cc2)NC1=O)N[C@@H](CO)Cc1ccccc1. The average Bonchev–Trinajstić information content (AvgIpc) is 3.14. The third-order valence-electron chi connectivity index (χ3n) is 8.81. The zero-order chi connectivity index (χ0) is 35.0. The molecule has 5 rings (SSSR count). The number of aliphatic hydroxyl groups is 1. The summed E-state index contributed by atoms with van der Waals surface area (Å²) in [6.07, 6.45) is 5.94. The zero-order valence-corrected chi connectivity index (χ0v) is 28.3. The third-order valence-corrected chi connectivity index (χ3v) is 8.81. The summed E-state index contributed by atoms with van der Waals surface area (Å²) in [4.78, 5) is 40.3. The molecule has 3 N–H and O–H groups in total. The molecule has 0 saturated carbocycles. The van der Waals surface area contributed by atoms with Crippen LogP contribution in [0.5, 0.6) is 5.75 Å². The molecule has 0 spiro atoms. The first-order valence-corrected chi connectivity index (χ1v) is 17.3. The molecule has 1 aliphatic heterocycles. The van der Waals surface area contributed by atoms with Crippen LogP contribution in [0.4, 0.5) is 0 Å². The Kier molecular flexibility index (Phi) is 13.8. The highest BCUT2D eigenvalue weighted by atomic mass is 16.5. The number of carbonyl (C=O) groups excluding carboxylic acids is 3. The summed E-state index contributed by atoms with van der Waals surface area (Å²) in [6.45, 7) is 0.228. The monoisotopic (exact) mass is 674 g/mol. The highest BCUT2D eigenvalue weighted by molar-refractivity contribution is 5.86. The van der Waals surface area contributed by atoms with E-state index in [0.717, 1.165) is 28.0 Å². The van der Waals surface area contributed by atoms with Gasteiger partial charge >= 0.3 is 5.97 Å². The average molecular weight is 675 g/mol. The van der Waals surface area contributed by atoms with Gasteiger partial charge in [-0.2, -0.15) is 0 Å². The molecular weight excluding hydrogens is 628 g/mol. The number of benzene rings is 4. The predicted molar refractivity (Wildman–Crippen MR) is 193 cm³/mol. The minimum absolute atomic E-state index is 0.00554. The van der Waals surface area contributed by atoms with Crippen LogP contribution >= 0.6 is 0 Å². The Morgan fingerprint density at radius 3 is 1.98 bits per heavy atom. The molecule has 1 aliphatic rings. The predicted octanol–water partition coefficient (Wildman–Crippen LogP) is 5.77.